The first-order chi connectivity index (χ1) is 6.08. The highest BCUT2D eigenvalue weighted by Crippen LogP contribution is 2.38. The summed E-state index contributed by atoms with van der Waals surface area (Å²) in [7, 11) is 0. The molecule has 1 unspecified atom stereocenters. The van der Waals surface area contributed by atoms with Crippen LogP contribution in [0.4, 0.5) is 0 Å². The van der Waals surface area contributed by atoms with Crippen LogP contribution in [0, 0.1) is 5.41 Å². The molecule has 4 heteroatoms. The smallest absolute Gasteiger partial charge is 0.243 e. The van der Waals surface area contributed by atoms with Crippen molar-refractivity contribution in [3.63, 3.8) is 0 Å². The van der Waals surface area contributed by atoms with Crippen molar-refractivity contribution in [1.29, 1.82) is 0 Å². The fourth-order valence-electron chi connectivity index (χ4n) is 2.12. The summed E-state index contributed by atoms with van der Waals surface area (Å²) in [6.07, 6.45) is 0. The summed E-state index contributed by atoms with van der Waals surface area (Å²) in [6.45, 7) is 6.82. The lowest BCUT2D eigenvalue weighted by atomic mass is 9.73. The van der Waals surface area contributed by atoms with Crippen molar-refractivity contribution in [3.8, 4) is 0 Å². The number of amides is 1. The van der Waals surface area contributed by atoms with Gasteiger partial charge in [0.2, 0.25) is 5.91 Å². The van der Waals surface area contributed by atoms with Crippen molar-refractivity contribution < 1.29 is 9.53 Å². The lowest BCUT2D eigenvalue weighted by Gasteiger charge is -2.41. The Kier molecular flexibility index (Phi) is 1.85. The summed E-state index contributed by atoms with van der Waals surface area (Å²) < 4.78 is 5.40. The Balaban J connectivity index is 2.31. The van der Waals surface area contributed by atoms with Gasteiger partial charge in [-0.05, 0) is 0 Å². The lowest BCUT2D eigenvalue weighted by Crippen LogP contribution is -2.69. The van der Waals surface area contributed by atoms with Gasteiger partial charge in [0, 0.05) is 18.5 Å². The molecule has 0 aromatic heterocycles. The van der Waals surface area contributed by atoms with Crippen molar-refractivity contribution in [2.75, 3.05) is 26.3 Å². The van der Waals surface area contributed by atoms with E-state index in [1.807, 2.05) is 0 Å². The molecule has 2 aliphatic rings. The van der Waals surface area contributed by atoms with Crippen molar-refractivity contribution in [3.05, 3.63) is 0 Å². The molecule has 0 aliphatic carbocycles. The van der Waals surface area contributed by atoms with E-state index in [2.05, 4.69) is 24.5 Å². The van der Waals surface area contributed by atoms with Gasteiger partial charge in [-0.15, -0.1) is 0 Å². The first kappa shape index (κ1) is 8.97. The number of carbonyl (C=O) groups excluding carboxylic acids is 1. The molecule has 2 N–H and O–H groups in total. The summed E-state index contributed by atoms with van der Waals surface area (Å²) >= 11 is 0. The lowest BCUT2D eigenvalue weighted by molar-refractivity contribution is -0.132. The average Bonchev–Trinajstić information content (AvgIpc) is 2.35. The second-order valence-electron chi connectivity index (χ2n) is 4.46. The molecule has 0 aromatic carbocycles. The fraction of sp³-hybridized carbons (Fsp3) is 0.889. The van der Waals surface area contributed by atoms with Crippen LogP contribution in [-0.2, 0) is 9.53 Å². The largest absolute Gasteiger partial charge is 0.378 e. The van der Waals surface area contributed by atoms with E-state index in [-0.39, 0.29) is 11.3 Å². The predicted octanol–water partition coefficient (Wildman–Crippen LogP) is -0.499. The summed E-state index contributed by atoms with van der Waals surface area (Å²) in [4.78, 5) is 11.8. The molecule has 4 nitrogen and oxygen atoms in total. The number of nitrogens with one attached hydrogen (secondary N) is 2. The van der Waals surface area contributed by atoms with Crippen LogP contribution in [0.15, 0.2) is 0 Å². The molecular weight excluding hydrogens is 168 g/mol. The Labute approximate surface area is 78.0 Å². The molecule has 2 rings (SSSR count). The first-order valence-corrected chi connectivity index (χ1v) is 4.70. The van der Waals surface area contributed by atoms with Crippen LogP contribution in [0.5, 0.6) is 0 Å². The second-order valence-corrected chi connectivity index (χ2v) is 4.46. The maximum absolute atomic E-state index is 11.8. The van der Waals surface area contributed by atoms with Gasteiger partial charge < -0.3 is 10.1 Å². The third-order valence-corrected chi connectivity index (χ3v) is 3.16. The molecule has 74 valence electrons. The van der Waals surface area contributed by atoms with Crippen molar-refractivity contribution in [2.45, 2.75) is 19.4 Å². The van der Waals surface area contributed by atoms with E-state index < -0.39 is 5.54 Å². The van der Waals surface area contributed by atoms with Crippen LogP contribution < -0.4 is 10.6 Å². The number of ether oxygens (including phenoxy) is 1. The molecule has 13 heavy (non-hydrogen) atoms. The van der Waals surface area contributed by atoms with Gasteiger partial charge in [0.05, 0.1) is 13.2 Å². The molecule has 2 saturated heterocycles. The zero-order valence-electron chi connectivity index (χ0n) is 8.14. The highest BCUT2D eigenvalue weighted by Gasteiger charge is 2.56. The number of carbonyl (C=O) groups is 1. The standard InChI is InChI=1S/C9H16N2O2/c1-8(2)5-13-6-9(8)7(12)10-3-4-11-9/h11H,3-6H2,1-2H3,(H,10,12). The molecule has 2 heterocycles. The van der Waals surface area contributed by atoms with Crippen molar-refractivity contribution in [2.24, 2.45) is 5.41 Å². The van der Waals surface area contributed by atoms with E-state index in [0.717, 1.165) is 13.1 Å². The van der Waals surface area contributed by atoms with Crippen LogP contribution in [0.25, 0.3) is 0 Å². The van der Waals surface area contributed by atoms with Crippen LogP contribution >= 0.6 is 0 Å². The Bertz CT molecular complexity index is 240. The Hall–Kier alpha value is -0.610. The van der Waals surface area contributed by atoms with Gasteiger partial charge in [0.15, 0.2) is 0 Å². The highest BCUT2D eigenvalue weighted by molar-refractivity contribution is 5.88. The minimum atomic E-state index is -0.495. The van der Waals surface area contributed by atoms with Crippen LogP contribution in [0.3, 0.4) is 0 Å². The predicted molar refractivity (Wildman–Crippen MR) is 48.3 cm³/mol. The van der Waals surface area contributed by atoms with E-state index in [4.69, 9.17) is 4.74 Å². The molecule has 2 fully saturated rings. The molecule has 1 amide bonds. The summed E-state index contributed by atoms with van der Waals surface area (Å²) in [5.41, 5.74) is -0.608. The number of hydrogen-bond donors (Lipinski definition) is 2. The van der Waals surface area contributed by atoms with E-state index in [0.29, 0.717) is 13.2 Å². The maximum atomic E-state index is 11.8. The van der Waals surface area contributed by atoms with Crippen LogP contribution in [-0.4, -0.2) is 37.7 Å². The van der Waals surface area contributed by atoms with Crippen LogP contribution in [0.2, 0.25) is 0 Å². The maximum Gasteiger partial charge on any atom is 0.243 e. The molecule has 0 aromatic rings. The minimum Gasteiger partial charge on any atom is -0.378 e. The molecule has 0 radical (unpaired) electrons. The van der Waals surface area contributed by atoms with Gasteiger partial charge in [-0.25, -0.2) is 0 Å². The number of piperazine rings is 1. The fourth-order valence-corrected chi connectivity index (χ4v) is 2.12. The van der Waals surface area contributed by atoms with Gasteiger partial charge in [-0.1, -0.05) is 13.8 Å². The monoisotopic (exact) mass is 184 g/mol. The molecule has 2 aliphatic heterocycles. The number of rotatable bonds is 0. The van der Waals surface area contributed by atoms with Gasteiger partial charge >= 0.3 is 0 Å². The molecular formula is C9H16N2O2. The SMILES string of the molecule is CC1(C)COCC12NCCNC2=O. The quantitative estimate of drug-likeness (QED) is 0.533. The van der Waals surface area contributed by atoms with Gasteiger partial charge in [-0.3, -0.25) is 10.1 Å². The van der Waals surface area contributed by atoms with E-state index in [9.17, 15) is 4.79 Å². The summed E-state index contributed by atoms with van der Waals surface area (Å²) in [5, 5.41) is 6.19. The van der Waals surface area contributed by atoms with E-state index in [1.165, 1.54) is 0 Å². The molecule has 1 spiro atoms. The van der Waals surface area contributed by atoms with Gasteiger partial charge in [0.1, 0.15) is 5.54 Å². The Morgan fingerprint density at radius 1 is 1.31 bits per heavy atom. The summed E-state index contributed by atoms with van der Waals surface area (Å²) in [5.74, 6) is 0.0845. The Morgan fingerprint density at radius 3 is 2.62 bits per heavy atom. The second kappa shape index (κ2) is 2.69. The molecule has 0 saturated carbocycles. The Morgan fingerprint density at radius 2 is 2.08 bits per heavy atom. The topological polar surface area (TPSA) is 50.4 Å². The zero-order chi connectivity index (χ0) is 9.53. The highest BCUT2D eigenvalue weighted by atomic mass is 16.5. The first-order valence-electron chi connectivity index (χ1n) is 4.70. The van der Waals surface area contributed by atoms with E-state index >= 15 is 0 Å². The van der Waals surface area contributed by atoms with Crippen molar-refractivity contribution in [1.82, 2.24) is 10.6 Å². The van der Waals surface area contributed by atoms with Crippen molar-refractivity contribution >= 4 is 5.91 Å². The van der Waals surface area contributed by atoms with Gasteiger partial charge in [0.25, 0.3) is 0 Å². The van der Waals surface area contributed by atoms with Crippen LogP contribution in [0.1, 0.15) is 13.8 Å². The third-order valence-electron chi connectivity index (χ3n) is 3.16. The van der Waals surface area contributed by atoms with Gasteiger partial charge in [-0.2, -0.15) is 0 Å². The normalized spacial score (nSPS) is 37.8. The minimum absolute atomic E-state index is 0.0845. The third kappa shape index (κ3) is 1.09. The van der Waals surface area contributed by atoms with E-state index in [1.54, 1.807) is 0 Å². The molecule has 1 atom stereocenters. The molecule has 0 bridgehead atoms. The number of hydrogen-bond acceptors (Lipinski definition) is 3. The zero-order valence-corrected chi connectivity index (χ0v) is 8.14. The average molecular weight is 184 g/mol. The summed E-state index contributed by atoms with van der Waals surface area (Å²) in [6, 6.07) is 0.